The molecule has 0 aliphatic carbocycles. The van der Waals surface area contributed by atoms with Gasteiger partial charge in [0.15, 0.2) is 0 Å². The van der Waals surface area contributed by atoms with Gasteiger partial charge in [0.05, 0.1) is 6.10 Å². The molecule has 102 valence electrons. The monoisotopic (exact) mass is 249 g/mol. The zero-order valence-electron chi connectivity index (χ0n) is 12.4. The van der Waals surface area contributed by atoms with Gasteiger partial charge in [0, 0.05) is 12.1 Å². The summed E-state index contributed by atoms with van der Waals surface area (Å²) >= 11 is 0. The molecule has 0 unspecified atom stereocenters. The maximum atomic E-state index is 5.78. The normalized spacial score (nSPS) is 16.1. The fraction of sp³-hybridized carbons (Fsp3) is 0.625. The summed E-state index contributed by atoms with van der Waals surface area (Å²) < 4.78 is 5.78. The average molecular weight is 249 g/mol. The third-order valence-corrected chi connectivity index (χ3v) is 3.44. The SMILES string of the molecule is CC[C@@H](C)N[C@H](C)c1ccc(O[C@@H](C)CC)cc1. The molecular formula is C16H27NO. The molecule has 18 heavy (non-hydrogen) atoms. The molecule has 1 rings (SSSR count). The quantitative estimate of drug-likeness (QED) is 0.777. The van der Waals surface area contributed by atoms with Gasteiger partial charge >= 0.3 is 0 Å². The molecule has 0 bridgehead atoms. The van der Waals surface area contributed by atoms with Crippen molar-refractivity contribution >= 4 is 0 Å². The lowest BCUT2D eigenvalue weighted by Gasteiger charge is -2.20. The Bertz CT molecular complexity index is 333. The predicted molar refractivity (Wildman–Crippen MR) is 78.1 cm³/mol. The van der Waals surface area contributed by atoms with Gasteiger partial charge in [0.2, 0.25) is 0 Å². The summed E-state index contributed by atoms with van der Waals surface area (Å²) in [5.74, 6) is 0.962. The number of rotatable bonds is 7. The van der Waals surface area contributed by atoms with E-state index in [1.165, 1.54) is 5.56 Å². The lowest BCUT2D eigenvalue weighted by molar-refractivity contribution is 0.217. The fourth-order valence-corrected chi connectivity index (χ4v) is 1.79. The first kappa shape index (κ1) is 15.0. The van der Waals surface area contributed by atoms with E-state index >= 15 is 0 Å². The molecular weight excluding hydrogens is 222 g/mol. The smallest absolute Gasteiger partial charge is 0.119 e. The Morgan fingerprint density at radius 2 is 1.61 bits per heavy atom. The minimum absolute atomic E-state index is 0.284. The second-order valence-electron chi connectivity index (χ2n) is 5.10. The molecule has 0 amide bonds. The van der Waals surface area contributed by atoms with Crippen molar-refractivity contribution in [2.24, 2.45) is 0 Å². The van der Waals surface area contributed by atoms with Crippen LogP contribution in [-0.2, 0) is 0 Å². The van der Waals surface area contributed by atoms with Gasteiger partial charge < -0.3 is 10.1 Å². The lowest BCUT2D eigenvalue weighted by atomic mass is 10.1. The first-order chi connectivity index (χ1) is 8.56. The Morgan fingerprint density at radius 1 is 1.00 bits per heavy atom. The first-order valence-corrected chi connectivity index (χ1v) is 7.09. The van der Waals surface area contributed by atoms with E-state index in [4.69, 9.17) is 4.74 Å². The molecule has 1 aromatic carbocycles. The molecule has 0 heterocycles. The fourth-order valence-electron chi connectivity index (χ4n) is 1.79. The van der Waals surface area contributed by atoms with E-state index in [-0.39, 0.29) is 6.10 Å². The molecule has 0 saturated carbocycles. The molecule has 1 aromatic rings. The van der Waals surface area contributed by atoms with E-state index in [0.717, 1.165) is 18.6 Å². The van der Waals surface area contributed by atoms with Gasteiger partial charge in [-0.3, -0.25) is 0 Å². The molecule has 0 aliphatic rings. The molecule has 0 spiro atoms. The molecule has 2 heteroatoms. The highest BCUT2D eigenvalue weighted by molar-refractivity contribution is 5.29. The Hall–Kier alpha value is -1.02. The van der Waals surface area contributed by atoms with Gasteiger partial charge in [0.1, 0.15) is 5.75 Å². The van der Waals surface area contributed by atoms with Crippen LogP contribution in [-0.4, -0.2) is 12.1 Å². The van der Waals surface area contributed by atoms with Crippen molar-refractivity contribution in [2.45, 2.75) is 65.6 Å². The van der Waals surface area contributed by atoms with Crippen LogP contribution in [0, 0.1) is 0 Å². The van der Waals surface area contributed by atoms with Gasteiger partial charge in [-0.2, -0.15) is 0 Å². The van der Waals surface area contributed by atoms with Crippen molar-refractivity contribution in [3.63, 3.8) is 0 Å². The highest BCUT2D eigenvalue weighted by Gasteiger charge is 2.08. The minimum Gasteiger partial charge on any atom is -0.491 e. The van der Waals surface area contributed by atoms with Crippen molar-refractivity contribution in [3.05, 3.63) is 29.8 Å². The van der Waals surface area contributed by atoms with Gasteiger partial charge in [-0.1, -0.05) is 26.0 Å². The van der Waals surface area contributed by atoms with Crippen LogP contribution in [0.3, 0.4) is 0 Å². The summed E-state index contributed by atoms with van der Waals surface area (Å²) in [5.41, 5.74) is 1.31. The highest BCUT2D eigenvalue weighted by Crippen LogP contribution is 2.19. The number of benzene rings is 1. The largest absolute Gasteiger partial charge is 0.491 e. The Kier molecular flexibility index (Phi) is 6.20. The van der Waals surface area contributed by atoms with Gasteiger partial charge in [0.25, 0.3) is 0 Å². The summed E-state index contributed by atoms with van der Waals surface area (Å²) in [6.45, 7) is 10.9. The third kappa shape index (κ3) is 4.69. The molecule has 2 nitrogen and oxygen atoms in total. The number of hydrogen-bond donors (Lipinski definition) is 1. The summed E-state index contributed by atoms with van der Waals surface area (Å²) in [6, 6.07) is 9.37. The second kappa shape index (κ2) is 7.42. The zero-order chi connectivity index (χ0) is 13.5. The topological polar surface area (TPSA) is 21.3 Å². The molecule has 0 saturated heterocycles. The van der Waals surface area contributed by atoms with E-state index in [0.29, 0.717) is 12.1 Å². The van der Waals surface area contributed by atoms with Crippen LogP contribution in [0.15, 0.2) is 24.3 Å². The van der Waals surface area contributed by atoms with Gasteiger partial charge in [-0.25, -0.2) is 0 Å². The number of ether oxygens (including phenoxy) is 1. The Labute approximate surface area is 112 Å². The molecule has 0 fully saturated rings. The van der Waals surface area contributed by atoms with E-state index in [9.17, 15) is 0 Å². The van der Waals surface area contributed by atoms with Crippen LogP contribution in [0.25, 0.3) is 0 Å². The summed E-state index contributed by atoms with van der Waals surface area (Å²) in [7, 11) is 0. The van der Waals surface area contributed by atoms with E-state index in [1.54, 1.807) is 0 Å². The van der Waals surface area contributed by atoms with Gasteiger partial charge in [-0.05, 0) is 51.3 Å². The van der Waals surface area contributed by atoms with Crippen molar-refractivity contribution in [3.8, 4) is 5.75 Å². The molecule has 1 N–H and O–H groups in total. The second-order valence-corrected chi connectivity index (χ2v) is 5.10. The number of nitrogens with one attached hydrogen (secondary N) is 1. The van der Waals surface area contributed by atoms with E-state index in [1.807, 2.05) is 0 Å². The van der Waals surface area contributed by atoms with Crippen LogP contribution >= 0.6 is 0 Å². The molecule has 3 atom stereocenters. The Morgan fingerprint density at radius 3 is 2.11 bits per heavy atom. The maximum Gasteiger partial charge on any atom is 0.119 e. The van der Waals surface area contributed by atoms with Crippen molar-refractivity contribution < 1.29 is 4.74 Å². The minimum atomic E-state index is 0.284. The molecule has 0 radical (unpaired) electrons. The van der Waals surface area contributed by atoms with Gasteiger partial charge in [-0.15, -0.1) is 0 Å². The van der Waals surface area contributed by atoms with E-state index in [2.05, 4.69) is 64.2 Å². The van der Waals surface area contributed by atoms with Crippen molar-refractivity contribution in [1.82, 2.24) is 5.32 Å². The van der Waals surface area contributed by atoms with Crippen LogP contribution in [0.4, 0.5) is 0 Å². The number of hydrogen-bond acceptors (Lipinski definition) is 2. The average Bonchev–Trinajstić information content (AvgIpc) is 2.39. The van der Waals surface area contributed by atoms with Crippen LogP contribution in [0.5, 0.6) is 5.75 Å². The molecule has 0 aromatic heterocycles. The third-order valence-electron chi connectivity index (χ3n) is 3.44. The maximum absolute atomic E-state index is 5.78. The first-order valence-electron chi connectivity index (χ1n) is 7.09. The standard InChI is InChI=1S/C16H27NO/c1-6-12(3)17-14(5)15-8-10-16(11-9-15)18-13(4)7-2/h8-14,17H,6-7H2,1-5H3/t12-,13+,14-/m1/s1. The van der Waals surface area contributed by atoms with Crippen molar-refractivity contribution in [1.29, 1.82) is 0 Å². The Balaban J connectivity index is 2.59. The highest BCUT2D eigenvalue weighted by atomic mass is 16.5. The molecule has 0 aliphatic heterocycles. The zero-order valence-corrected chi connectivity index (χ0v) is 12.4. The van der Waals surface area contributed by atoms with Crippen LogP contribution < -0.4 is 10.1 Å². The van der Waals surface area contributed by atoms with Crippen molar-refractivity contribution in [2.75, 3.05) is 0 Å². The van der Waals surface area contributed by atoms with Crippen LogP contribution in [0.2, 0.25) is 0 Å². The summed E-state index contributed by atoms with van der Waals surface area (Å²) in [5, 5.41) is 3.58. The summed E-state index contributed by atoms with van der Waals surface area (Å²) in [6.07, 6.45) is 2.47. The predicted octanol–water partition coefficient (Wildman–Crippen LogP) is 4.31. The summed E-state index contributed by atoms with van der Waals surface area (Å²) in [4.78, 5) is 0. The van der Waals surface area contributed by atoms with Crippen LogP contribution in [0.1, 0.15) is 59.1 Å². The van der Waals surface area contributed by atoms with E-state index < -0.39 is 0 Å². The lowest BCUT2D eigenvalue weighted by Crippen LogP contribution is -2.28.